The Balaban J connectivity index is 2.76. The van der Waals surface area contributed by atoms with E-state index in [0.717, 1.165) is 22.6 Å². The minimum absolute atomic E-state index is 0.246. The zero-order valence-electron chi connectivity index (χ0n) is 12.0. The minimum atomic E-state index is -0.688. The van der Waals surface area contributed by atoms with E-state index in [-0.39, 0.29) is 5.91 Å². The maximum atomic E-state index is 12.2. The third-order valence-corrected chi connectivity index (χ3v) is 3.53. The van der Waals surface area contributed by atoms with E-state index in [0.29, 0.717) is 6.42 Å². The minimum Gasteiger partial charge on any atom is -0.352 e. The van der Waals surface area contributed by atoms with Gasteiger partial charge in [0.2, 0.25) is 5.91 Å². The molecule has 3 amide bonds. The first kappa shape index (κ1) is 16.4. The van der Waals surface area contributed by atoms with Crippen LogP contribution < -0.4 is 16.4 Å². The monoisotopic (exact) mass is 295 g/mol. The number of carbonyl (C=O) groups excluding carboxylic acids is 2. The van der Waals surface area contributed by atoms with Crippen LogP contribution >= 0.6 is 11.8 Å². The summed E-state index contributed by atoms with van der Waals surface area (Å²) in [7, 11) is 0. The second kappa shape index (κ2) is 7.79. The van der Waals surface area contributed by atoms with Crippen molar-refractivity contribution in [1.29, 1.82) is 0 Å². The van der Waals surface area contributed by atoms with Crippen molar-refractivity contribution in [1.82, 2.24) is 5.32 Å². The quantitative estimate of drug-likeness (QED) is 0.751. The van der Waals surface area contributed by atoms with E-state index in [1.807, 2.05) is 38.3 Å². The summed E-state index contributed by atoms with van der Waals surface area (Å²) >= 11 is 1.61. The Bertz CT molecular complexity index is 491. The predicted octanol–water partition coefficient (Wildman–Crippen LogP) is 2.03. The fourth-order valence-electron chi connectivity index (χ4n) is 1.85. The van der Waals surface area contributed by atoms with Crippen molar-refractivity contribution in [3.8, 4) is 0 Å². The van der Waals surface area contributed by atoms with Gasteiger partial charge in [-0.15, -0.1) is 0 Å². The van der Waals surface area contributed by atoms with E-state index < -0.39 is 12.1 Å². The SMILES string of the molecule is CSCCC(NC(N)=O)C(=O)Nc1ccc(C)cc1C. The van der Waals surface area contributed by atoms with Crippen molar-refractivity contribution in [3.05, 3.63) is 29.3 Å². The molecule has 0 bridgehead atoms. The lowest BCUT2D eigenvalue weighted by molar-refractivity contribution is -0.117. The number of thioether (sulfide) groups is 1. The Morgan fingerprint density at radius 3 is 2.60 bits per heavy atom. The van der Waals surface area contributed by atoms with E-state index >= 15 is 0 Å². The molecule has 1 rings (SSSR count). The highest BCUT2D eigenvalue weighted by Gasteiger charge is 2.19. The van der Waals surface area contributed by atoms with Gasteiger partial charge >= 0.3 is 6.03 Å². The molecule has 4 N–H and O–H groups in total. The molecule has 0 spiro atoms. The highest BCUT2D eigenvalue weighted by molar-refractivity contribution is 7.98. The highest BCUT2D eigenvalue weighted by Crippen LogP contribution is 2.16. The highest BCUT2D eigenvalue weighted by atomic mass is 32.2. The molecule has 5 nitrogen and oxygen atoms in total. The molecule has 0 aliphatic rings. The van der Waals surface area contributed by atoms with Crippen molar-refractivity contribution in [3.63, 3.8) is 0 Å². The van der Waals surface area contributed by atoms with Crippen LogP contribution in [0.4, 0.5) is 10.5 Å². The van der Waals surface area contributed by atoms with Gasteiger partial charge in [-0.1, -0.05) is 17.7 Å². The summed E-state index contributed by atoms with van der Waals surface area (Å²) in [5.74, 6) is 0.524. The number of hydrogen-bond acceptors (Lipinski definition) is 3. The standard InChI is InChI=1S/C14H21N3O2S/c1-9-4-5-11(10(2)8-9)16-13(18)12(6-7-20-3)17-14(15)19/h4-5,8,12H,6-7H2,1-3H3,(H,16,18)(H3,15,17,19). The first-order valence-corrected chi connectivity index (χ1v) is 7.76. The predicted molar refractivity (Wildman–Crippen MR) is 84.1 cm³/mol. The van der Waals surface area contributed by atoms with Gasteiger partial charge < -0.3 is 16.4 Å². The van der Waals surface area contributed by atoms with Crippen LogP contribution in [-0.4, -0.2) is 30.0 Å². The van der Waals surface area contributed by atoms with Crippen LogP contribution in [-0.2, 0) is 4.79 Å². The second-order valence-electron chi connectivity index (χ2n) is 4.65. The summed E-state index contributed by atoms with van der Waals surface area (Å²) in [5.41, 5.74) is 7.98. The smallest absolute Gasteiger partial charge is 0.312 e. The zero-order valence-corrected chi connectivity index (χ0v) is 12.8. The van der Waals surface area contributed by atoms with Gasteiger partial charge in [0, 0.05) is 5.69 Å². The third kappa shape index (κ3) is 5.13. The van der Waals surface area contributed by atoms with Crippen LogP contribution in [0.2, 0.25) is 0 Å². The van der Waals surface area contributed by atoms with Crippen molar-refractivity contribution >= 4 is 29.4 Å². The van der Waals surface area contributed by atoms with Gasteiger partial charge in [-0.3, -0.25) is 4.79 Å². The molecule has 1 aromatic rings. The van der Waals surface area contributed by atoms with Crippen LogP contribution in [0.1, 0.15) is 17.5 Å². The fraction of sp³-hybridized carbons (Fsp3) is 0.429. The van der Waals surface area contributed by atoms with E-state index in [1.54, 1.807) is 11.8 Å². The molecule has 0 saturated carbocycles. The first-order valence-electron chi connectivity index (χ1n) is 6.37. The lowest BCUT2D eigenvalue weighted by Crippen LogP contribution is -2.46. The number of amides is 3. The topological polar surface area (TPSA) is 84.2 Å². The molecular formula is C14H21N3O2S. The number of nitrogens with one attached hydrogen (secondary N) is 2. The fourth-order valence-corrected chi connectivity index (χ4v) is 2.32. The van der Waals surface area contributed by atoms with E-state index in [9.17, 15) is 9.59 Å². The maximum absolute atomic E-state index is 12.2. The lowest BCUT2D eigenvalue weighted by atomic mass is 10.1. The number of hydrogen-bond donors (Lipinski definition) is 3. The van der Waals surface area contributed by atoms with E-state index in [4.69, 9.17) is 5.73 Å². The largest absolute Gasteiger partial charge is 0.352 e. The number of aryl methyl sites for hydroxylation is 2. The van der Waals surface area contributed by atoms with E-state index in [1.165, 1.54) is 0 Å². The van der Waals surface area contributed by atoms with Crippen molar-refractivity contribution in [2.75, 3.05) is 17.3 Å². The van der Waals surface area contributed by atoms with Crippen molar-refractivity contribution in [2.24, 2.45) is 5.73 Å². The Hall–Kier alpha value is -1.69. The normalized spacial score (nSPS) is 11.8. The lowest BCUT2D eigenvalue weighted by Gasteiger charge is -2.18. The number of benzene rings is 1. The third-order valence-electron chi connectivity index (χ3n) is 2.88. The van der Waals surface area contributed by atoms with Gasteiger partial charge in [-0.25, -0.2) is 4.79 Å². The summed E-state index contributed by atoms with van der Waals surface area (Å²) in [6.45, 7) is 3.93. The van der Waals surface area contributed by atoms with Crippen LogP contribution in [0.3, 0.4) is 0 Å². The number of nitrogens with two attached hydrogens (primary N) is 1. The van der Waals surface area contributed by atoms with Gasteiger partial charge in [0.05, 0.1) is 0 Å². The summed E-state index contributed by atoms with van der Waals surface area (Å²) in [6.07, 6.45) is 2.49. The molecule has 1 aromatic carbocycles. The number of urea groups is 1. The second-order valence-corrected chi connectivity index (χ2v) is 5.64. The average molecular weight is 295 g/mol. The summed E-state index contributed by atoms with van der Waals surface area (Å²) in [6, 6.07) is 4.49. The summed E-state index contributed by atoms with van der Waals surface area (Å²) < 4.78 is 0. The molecule has 0 saturated heterocycles. The molecule has 1 unspecified atom stereocenters. The maximum Gasteiger partial charge on any atom is 0.312 e. The molecule has 0 aliphatic heterocycles. The van der Waals surface area contributed by atoms with Crippen LogP contribution in [0.25, 0.3) is 0 Å². The first-order chi connectivity index (χ1) is 9.43. The van der Waals surface area contributed by atoms with Gasteiger partial charge in [0.1, 0.15) is 6.04 Å². The Kier molecular flexibility index (Phi) is 6.38. The van der Waals surface area contributed by atoms with E-state index in [2.05, 4.69) is 10.6 Å². The molecule has 0 fully saturated rings. The Morgan fingerprint density at radius 1 is 1.35 bits per heavy atom. The summed E-state index contributed by atoms with van der Waals surface area (Å²) in [4.78, 5) is 23.2. The van der Waals surface area contributed by atoms with Crippen LogP contribution in [0.5, 0.6) is 0 Å². The molecule has 20 heavy (non-hydrogen) atoms. The Morgan fingerprint density at radius 2 is 2.05 bits per heavy atom. The molecule has 1 atom stereocenters. The molecule has 110 valence electrons. The molecule has 0 radical (unpaired) electrons. The number of anilines is 1. The van der Waals surface area contributed by atoms with Gasteiger partial charge in [-0.05, 0) is 43.9 Å². The van der Waals surface area contributed by atoms with Gasteiger partial charge in [0.25, 0.3) is 0 Å². The Labute approximate surface area is 123 Å². The van der Waals surface area contributed by atoms with Crippen molar-refractivity contribution < 1.29 is 9.59 Å². The number of carbonyl (C=O) groups is 2. The molecule has 6 heteroatoms. The van der Waals surface area contributed by atoms with Gasteiger partial charge in [-0.2, -0.15) is 11.8 Å². The number of rotatable bonds is 6. The molecule has 0 aliphatic carbocycles. The zero-order chi connectivity index (χ0) is 15.1. The average Bonchev–Trinajstić information content (AvgIpc) is 2.37. The van der Waals surface area contributed by atoms with Gasteiger partial charge in [0.15, 0.2) is 0 Å². The van der Waals surface area contributed by atoms with Crippen LogP contribution in [0, 0.1) is 13.8 Å². The van der Waals surface area contributed by atoms with Crippen LogP contribution in [0.15, 0.2) is 18.2 Å². The molecule has 0 aromatic heterocycles. The molecule has 0 heterocycles. The summed E-state index contributed by atoms with van der Waals surface area (Å²) in [5, 5.41) is 5.31. The molecular weight excluding hydrogens is 274 g/mol. The number of primary amides is 1. The van der Waals surface area contributed by atoms with Crippen molar-refractivity contribution in [2.45, 2.75) is 26.3 Å².